The lowest BCUT2D eigenvalue weighted by Gasteiger charge is -2.74. The number of carboxylic acid groups (broad SMARTS) is 1. The highest BCUT2D eigenvalue weighted by Gasteiger charge is 2.78. The maximum absolute atomic E-state index is 14.2. The van der Waals surface area contributed by atoms with Gasteiger partial charge in [-0.15, -0.1) is 0 Å². The van der Waals surface area contributed by atoms with E-state index in [1.807, 2.05) is 0 Å². The van der Waals surface area contributed by atoms with Crippen LogP contribution in [0, 0.1) is 74.4 Å². The molecular formula is C68H86N2O4. The Bertz CT molecular complexity index is 2950. The summed E-state index contributed by atoms with van der Waals surface area (Å²) in [6.45, 7) is 16.4. The van der Waals surface area contributed by atoms with Crippen LogP contribution in [0.15, 0.2) is 113 Å². The van der Waals surface area contributed by atoms with Gasteiger partial charge in [-0.2, -0.15) is 0 Å². The molecule has 15 bridgehead atoms. The van der Waals surface area contributed by atoms with Gasteiger partial charge >= 0.3 is 5.97 Å². The molecule has 2 aromatic rings. The van der Waals surface area contributed by atoms with Crippen molar-refractivity contribution >= 4 is 23.2 Å². The van der Waals surface area contributed by atoms with E-state index in [9.17, 15) is 20.1 Å². The van der Waals surface area contributed by atoms with E-state index in [2.05, 4.69) is 117 Å². The lowest BCUT2D eigenvalue weighted by atomic mass is 9.29. The molecule has 0 radical (unpaired) electrons. The van der Waals surface area contributed by atoms with E-state index in [0.29, 0.717) is 30.6 Å². The Morgan fingerprint density at radius 3 is 2.50 bits per heavy atom. The van der Waals surface area contributed by atoms with Gasteiger partial charge in [0.05, 0.1) is 23.9 Å². The van der Waals surface area contributed by atoms with Gasteiger partial charge in [0.15, 0.2) is 0 Å². The number of rotatable bonds is 4. The number of allylic oxidation sites excluding steroid dienone is 9. The zero-order valence-electron chi connectivity index (χ0n) is 45.3. The lowest BCUT2D eigenvalue weighted by molar-refractivity contribution is -0.167. The number of hydrogen-bond donors (Lipinski definition) is 5. The first-order chi connectivity index (χ1) is 35.7. The molecule has 17 rings (SSSR count). The van der Waals surface area contributed by atoms with E-state index in [-0.39, 0.29) is 56.9 Å². The third kappa shape index (κ3) is 7.03. The maximum Gasteiger partial charge on any atom is 0.306 e. The summed E-state index contributed by atoms with van der Waals surface area (Å²) in [6, 6.07) is 18.6. The average Bonchev–Trinajstić information content (AvgIpc) is 3.46. The summed E-state index contributed by atoms with van der Waals surface area (Å²) in [6.07, 6.45) is 31.6. The normalized spacial score (nSPS) is 40.5. The van der Waals surface area contributed by atoms with Crippen molar-refractivity contribution in [3.05, 3.63) is 135 Å². The molecule has 74 heavy (non-hydrogen) atoms. The number of hydrogen-bond acceptors (Lipinski definition) is 5. The van der Waals surface area contributed by atoms with Gasteiger partial charge in [0.2, 0.25) is 0 Å². The Morgan fingerprint density at radius 2 is 1.70 bits per heavy atom. The third-order valence-corrected chi connectivity index (χ3v) is 23.6. The monoisotopic (exact) mass is 995 g/mol. The molecule has 0 amide bonds. The fourth-order valence-corrected chi connectivity index (χ4v) is 20.8. The predicted molar refractivity (Wildman–Crippen MR) is 298 cm³/mol. The molecule has 2 aromatic carbocycles. The molecule has 13 atom stereocenters. The zero-order chi connectivity index (χ0) is 50.9. The second-order valence-electron chi connectivity index (χ2n) is 27.1. The van der Waals surface area contributed by atoms with Crippen LogP contribution in [-0.2, 0) is 11.2 Å². The first-order valence-corrected chi connectivity index (χ1v) is 29.9. The largest absolute Gasteiger partial charge is 0.481 e. The van der Waals surface area contributed by atoms with E-state index >= 15 is 0 Å². The number of aliphatic hydroxyl groups is 2. The molecule has 0 saturated heterocycles. The minimum Gasteiger partial charge on any atom is -0.481 e. The lowest BCUT2D eigenvalue weighted by Crippen LogP contribution is -2.69. The molecule has 4 fully saturated rings. The van der Waals surface area contributed by atoms with Crippen LogP contribution in [0.4, 0.5) is 0 Å². The molecule has 6 aliphatic heterocycles. The standard InChI is InChI=1S/C68H86N2O4/c1-41(2)34-48-26-30-64(4)58(71)28-32-68-54-27-31-67-29-12-21-55-61(72)60(67)51(62(73)74)24-22-42(3)49(44-15-7-6-8-16-44)20-13-33-69-59-25-23-47(40-70-59)45-18-11-14-43(35-45)36-52-50-19-10-9-17-46(50)37-56(68)53(52)38-66(48,63(64)68)39-57(54)65(55,67)5/h9-11,14,17-19,23,25-26,35,37-38,41,44,49,51,55-56,58,60-61,63,69-72H,3,6-8,12-13,15-16,20-22,24,27-34,36,39-40H2,1-2,4-5H3,(H,73,74). The van der Waals surface area contributed by atoms with Crippen LogP contribution >= 0.6 is 0 Å². The summed E-state index contributed by atoms with van der Waals surface area (Å²) in [5, 5.41) is 47.8. The topological polar surface area (TPSA) is 102 Å². The van der Waals surface area contributed by atoms with E-state index in [0.717, 1.165) is 102 Å². The molecule has 4 saturated carbocycles. The van der Waals surface area contributed by atoms with E-state index in [1.165, 1.54) is 76.0 Å². The van der Waals surface area contributed by atoms with Gasteiger partial charge in [-0.25, -0.2) is 0 Å². The van der Waals surface area contributed by atoms with Crippen molar-refractivity contribution in [2.24, 2.45) is 74.4 Å². The van der Waals surface area contributed by atoms with Gasteiger partial charge in [-0.3, -0.25) is 4.79 Å². The zero-order valence-corrected chi connectivity index (χ0v) is 45.3. The van der Waals surface area contributed by atoms with Crippen molar-refractivity contribution in [1.29, 1.82) is 0 Å². The van der Waals surface area contributed by atoms with E-state index in [1.54, 1.807) is 16.7 Å². The molecule has 0 aromatic heterocycles. The summed E-state index contributed by atoms with van der Waals surface area (Å²) >= 11 is 0. The number of nitrogens with one attached hydrogen (secondary N) is 2. The Labute approximate surface area is 442 Å². The molecule has 3 spiro atoms. The predicted octanol–water partition coefficient (Wildman–Crippen LogP) is 12.3. The van der Waals surface area contributed by atoms with Crippen molar-refractivity contribution in [2.75, 3.05) is 13.1 Å². The van der Waals surface area contributed by atoms with Gasteiger partial charge in [0, 0.05) is 46.6 Å². The Kier molecular flexibility index (Phi) is 12.0. The first kappa shape index (κ1) is 49.2. The molecule has 5 N–H and O–H groups in total. The van der Waals surface area contributed by atoms with Crippen LogP contribution in [0.2, 0.25) is 0 Å². The smallest absolute Gasteiger partial charge is 0.306 e. The van der Waals surface area contributed by atoms with Crippen LogP contribution in [0.3, 0.4) is 0 Å². The molecule has 6 heteroatoms. The molecule has 6 heterocycles. The molecule has 9 aliphatic carbocycles. The number of fused-ring (bicyclic) bond motifs is 1. The SMILES string of the molecule is C=C1CCC(C(=O)O)C2C(O)C3CCCC24CCC2=C(CC56C=C7C(=c8ccccc8=CC7C27CCC(O)C(C)(CC=C5CC(C)C)C67)Cc2cccc(c2)C2=CC=C(NCCCC1C1CCCCC1)NC2)C34C. The van der Waals surface area contributed by atoms with Crippen molar-refractivity contribution < 1.29 is 20.1 Å². The third-order valence-electron chi connectivity index (χ3n) is 23.6. The molecule has 392 valence electrons. The number of dihydropyridines is 1. The Balaban J connectivity index is 1.02. The van der Waals surface area contributed by atoms with Crippen LogP contribution in [0.1, 0.15) is 161 Å². The first-order valence-electron chi connectivity index (χ1n) is 29.9. The summed E-state index contributed by atoms with van der Waals surface area (Å²) in [7, 11) is 0. The second kappa shape index (κ2) is 18.1. The van der Waals surface area contributed by atoms with Crippen LogP contribution in [0.25, 0.3) is 17.2 Å². The van der Waals surface area contributed by atoms with E-state index < -0.39 is 18.0 Å². The number of benzene rings is 2. The summed E-state index contributed by atoms with van der Waals surface area (Å²) in [5.41, 5.74) is 11.5. The van der Waals surface area contributed by atoms with Crippen molar-refractivity contribution in [2.45, 2.75) is 168 Å². The minimum atomic E-state index is -0.719. The highest BCUT2D eigenvalue weighted by atomic mass is 16.4. The Hall–Kier alpha value is -4.39. The van der Waals surface area contributed by atoms with Gasteiger partial charge in [0.25, 0.3) is 0 Å². The van der Waals surface area contributed by atoms with E-state index in [4.69, 9.17) is 6.58 Å². The molecule has 13 unspecified atom stereocenters. The van der Waals surface area contributed by atoms with Crippen LogP contribution in [0.5, 0.6) is 0 Å². The molecular weight excluding hydrogens is 909 g/mol. The number of aliphatic carboxylic acids is 1. The average molecular weight is 995 g/mol. The maximum atomic E-state index is 14.2. The molecule has 15 aliphatic rings. The van der Waals surface area contributed by atoms with Gasteiger partial charge in [-0.05, 0) is 182 Å². The Morgan fingerprint density at radius 1 is 0.865 bits per heavy atom. The van der Waals surface area contributed by atoms with Gasteiger partial charge in [-0.1, -0.05) is 155 Å². The number of aliphatic hydroxyl groups excluding tert-OH is 2. The fourth-order valence-electron chi connectivity index (χ4n) is 20.8. The van der Waals surface area contributed by atoms with Crippen molar-refractivity contribution in [3.63, 3.8) is 0 Å². The second-order valence-corrected chi connectivity index (χ2v) is 27.1. The summed E-state index contributed by atoms with van der Waals surface area (Å²) < 4.78 is 0. The molecule has 6 nitrogen and oxygen atoms in total. The van der Waals surface area contributed by atoms with Crippen LogP contribution < -0.4 is 21.1 Å². The van der Waals surface area contributed by atoms with Crippen LogP contribution in [-0.4, -0.2) is 46.6 Å². The highest BCUT2D eigenvalue weighted by Crippen LogP contribution is 2.83. The summed E-state index contributed by atoms with van der Waals surface area (Å²) in [4.78, 5) is 14.2. The quantitative estimate of drug-likeness (QED) is 0.196. The van der Waals surface area contributed by atoms with Gasteiger partial charge < -0.3 is 26.0 Å². The van der Waals surface area contributed by atoms with Gasteiger partial charge in [0.1, 0.15) is 0 Å². The fraction of sp³-hybridized carbons (Fsp3) is 0.603. The minimum absolute atomic E-state index is 0.0115. The highest BCUT2D eigenvalue weighted by molar-refractivity contribution is 5.78. The van der Waals surface area contributed by atoms with Crippen molar-refractivity contribution in [1.82, 2.24) is 10.6 Å². The van der Waals surface area contributed by atoms with Crippen molar-refractivity contribution in [3.8, 4) is 0 Å². The summed E-state index contributed by atoms with van der Waals surface area (Å²) in [5.74, 6) is 1.25. The number of carboxylic acids is 1. The number of carbonyl (C=O) groups is 1.